The second-order valence-corrected chi connectivity index (χ2v) is 5.31. The van der Waals surface area contributed by atoms with Crippen molar-refractivity contribution in [1.82, 2.24) is 24.8 Å². The maximum Gasteiger partial charge on any atom is 0.251 e. The number of aryl methyl sites for hydroxylation is 1. The minimum absolute atomic E-state index is 0.118. The number of aromatic nitrogens is 5. The molecule has 0 amide bonds. The number of fused-ring (bicyclic) bond motifs is 1. The summed E-state index contributed by atoms with van der Waals surface area (Å²) in [5.41, 5.74) is 1.21. The average molecular weight is 308 g/mol. The van der Waals surface area contributed by atoms with E-state index in [1.807, 2.05) is 0 Å². The maximum atomic E-state index is 12.3. The molecular weight excluding hydrogens is 292 g/mol. The predicted octanol–water partition coefficient (Wildman–Crippen LogP) is 1.71. The molecule has 3 rings (SSSR count). The summed E-state index contributed by atoms with van der Waals surface area (Å²) in [6.45, 7) is 3.14. The largest absolute Gasteiger partial charge is 0.301 e. The Bertz CT molecular complexity index is 934. The van der Waals surface area contributed by atoms with Crippen LogP contribution < -0.4 is 5.56 Å². The molecule has 0 saturated carbocycles. The summed E-state index contributed by atoms with van der Waals surface area (Å²) in [5, 5.41) is 21.6. The Kier molecular flexibility index (Phi) is 4.15. The van der Waals surface area contributed by atoms with Gasteiger partial charge in [0.1, 0.15) is 0 Å². The third-order valence-electron chi connectivity index (χ3n) is 3.75. The highest BCUT2D eigenvalue weighted by atomic mass is 16.1. The van der Waals surface area contributed by atoms with Gasteiger partial charge in [-0.15, -0.1) is 5.10 Å². The molecule has 0 aliphatic rings. The van der Waals surface area contributed by atoms with Crippen LogP contribution in [-0.4, -0.2) is 24.8 Å². The molecule has 0 saturated heterocycles. The van der Waals surface area contributed by atoms with Crippen LogP contribution in [0.25, 0.3) is 10.9 Å². The number of unbranched alkanes of at least 4 members (excludes halogenated alkanes) is 1. The zero-order valence-corrected chi connectivity index (χ0v) is 12.8. The first kappa shape index (κ1) is 14.9. The van der Waals surface area contributed by atoms with Crippen molar-refractivity contribution in [1.29, 1.82) is 5.26 Å². The van der Waals surface area contributed by atoms with Crippen LogP contribution in [0.5, 0.6) is 0 Å². The van der Waals surface area contributed by atoms with Gasteiger partial charge in [0.05, 0.1) is 23.7 Å². The van der Waals surface area contributed by atoms with Crippen LogP contribution in [0.15, 0.2) is 35.1 Å². The van der Waals surface area contributed by atoms with Gasteiger partial charge in [0.2, 0.25) is 0 Å². The first-order valence-corrected chi connectivity index (χ1v) is 7.51. The summed E-state index contributed by atoms with van der Waals surface area (Å²) in [7, 11) is 0. The lowest BCUT2D eigenvalue weighted by Crippen LogP contribution is -2.22. The van der Waals surface area contributed by atoms with Gasteiger partial charge < -0.3 is 4.57 Å². The fourth-order valence-corrected chi connectivity index (χ4v) is 2.50. The molecule has 116 valence electrons. The number of hydrogen-bond donors (Lipinski definition) is 0. The molecule has 2 aromatic heterocycles. The molecule has 0 N–H and O–H groups in total. The van der Waals surface area contributed by atoms with E-state index in [1.165, 1.54) is 6.07 Å². The Labute approximate surface area is 132 Å². The van der Waals surface area contributed by atoms with Gasteiger partial charge in [-0.05, 0) is 46.5 Å². The van der Waals surface area contributed by atoms with Crippen LogP contribution >= 0.6 is 0 Å². The lowest BCUT2D eigenvalue weighted by Gasteiger charge is -2.10. The number of nitrogens with zero attached hydrogens (tertiary/aromatic N) is 6. The SMILES string of the molecule is CCCCn1nnnc1Cn1c(=O)ccc2cc(C#N)ccc21. The summed E-state index contributed by atoms with van der Waals surface area (Å²) in [6, 6.07) is 10.6. The first-order chi connectivity index (χ1) is 11.2. The molecule has 0 bridgehead atoms. The Morgan fingerprint density at radius 3 is 2.91 bits per heavy atom. The summed E-state index contributed by atoms with van der Waals surface area (Å²) < 4.78 is 3.36. The molecule has 0 radical (unpaired) electrons. The second kappa shape index (κ2) is 6.40. The molecule has 3 aromatic rings. The highest BCUT2D eigenvalue weighted by molar-refractivity contribution is 5.80. The Hall–Kier alpha value is -3.01. The van der Waals surface area contributed by atoms with Gasteiger partial charge >= 0.3 is 0 Å². The van der Waals surface area contributed by atoms with Crippen molar-refractivity contribution in [2.45, 2.75) is 32.9 Å². The summed E-state index contributed by atoms with van der Waals surface area (Å²) in [6.07, 6.45) is 2.03. The smallest absolute Gasteiger partial charge is 0.251 e. The van der Waals surface area contributed by atoms with Gasteiger partial charge in [-0.25, -0.2) is 4.68 Å². The van der Waals surface area contributed by atoms with Gasteiger partial charge in [0, 0.05) is 12.6 Å². The predicted molar refractivity (Wildman–Crippen MR) is 84.8 cm³/mol. The number of benzene rings is 1. The van der Waals surface area contributed by atoms with E-state index in [4.69, 9.17) is 5.26 Å². The molecular formula is C16H16N6O. The van der Waals surface area contributed by atoms with Crippen molar-refractivity contribution in [2.24, 2.45) is 0 Å². The van der Waals surface area contributed by atoms with E-state index in [9.17, 15) is 4.79 Å². The zero-order chi connectivity index (χ0) is 16.2. The fraction of sp³-hybridized carbons (Fsp3) is 0.312. The highest BCUT2D eigenvalue weighted by Gasteiger charge is 2.10. The molecule has 0 atom stereocenters. The van der Waals surface area contributed by atoms with Crippen molar-refractivity contribution in [3.63, 3.8) is 0 Å². The monoisotopic (exact) mass is 308 g/mol. The summed E-state index contributed by atoms with van der Waals surface area (Å²) in [5.74, 6) is 0.650. The summed E-state index contributed by atoms with van der Waals surface area (Å²) >= 11 is 0. The molecule has 0 aliphatic carbocycles. The van der Waals surface area contributed by atoms with E-state index >= 15 is 0 Å². The lowest BCUT2D eigenvalue weighted by atomic mass is 10.1. The van der Waals surface area contributed by atoms with Crippen LogP contribution in [0.3, 0.4) is 0 Å². The molecule has 0 aliphatic heterocycles. The van der Waals surface area contributed by atoms with Crippen molar-refractivity contribution in [3.05, 3.63) is 52.1 Å². The number of nitriles is 1. The van der Waals surface area contributed by atoms with Gasteiger partial charge in [0.15, 0.2) is 5.82 Å². The van der Waals surface area contributed by atoms with E-state index in [1.54, 1.807) is 33.5 Å². The first-order valence-electron chi connectivity index (χ1n) is 7.51. The topological polar surface area (TPSA) is 89.4 Å². The maximum absolute atomic E-state index is 12.3. The van der Waals surface area contributed by atoms with E-state index < -0.39 is 0 Å². The third kappa shape index (κ3) is 2.97. The van der Waals surface area contributed by atoms with Crippen LogP contribution in [0.1, 0.15) is 31.2 Å². The minimum atomic E-state index is -0.118. The van der Waals surface area contributed by atoms with E-state index in [0.717, 1.165) is 30.3 Å². The van der Waals surface area contributed by atoms with E-state index in [0.29, 0.717) is 17.9 Å². The normalized spacial score (nSPS) is 10.8. The van der Waals surface area contributed by atoms with Crippen LogP contribution in [0, 0.1) is 11.3 Å². The van der Waals surface area contributed by atoms with Gasteiger partial charge in [0.25, 0.3) is 5.56 Å². The Morgan fingerprint density at radius 1 is 1.26 bits per heavy atom. The summed E-state index contributed by atoms with van der Waals surface area (Å²) in [4.78, 5) is 12.3. The zero-order valence-electron chi connectivity index (χ0n) is 12.8. The molecule has 23 heavy (non-hydrogen) atoms. The van der Waals surface area contributed by atoms with Gasteiger partial charge in [-0.3, -0.25) is 4.79 Å². The Balaban J connectivity index is 2.03. The van der Waals surface area contributed by atoms with E-state index in [-0.39, 0.29) is 5.56 Å². The Morgan fingerprint density at radius 2 is 2.13 bits per heavy atom. The van der Waals surface area contributed by atoms with Gasteiger partial charge in [-0.2, -0.15) is 5.26 Å². The van der Waals surface area contributed by atoms with Crippen LogP contribution in [-0.2, 0) is 13.1 Å². The molecule has 1 aromatic carbocycles. The molecule has 7 nitrogen and oxygen atoms in total. The fourth-order valence-electron chi connectivity index (χ4n) is 2.50. The highest BCUT2D eigenvalue weighted by Crippen LogP contribution is 2.15. The van der Waals surface area contributed by atoms with Crippen LogP contribution in [0.4, 0.5) is 0 Å². The molecule has 7 heteroatoms. The average Bonchev–Trinajstić information content (AvgIpc) is 3.02. The molecule has 0 spiro atoms. The second-order valence-electron chi connectivity index (χ2n) is 5.31. The number of rotatable bonds is 5. The number of hydrogen-bond acceptors (Lipinski definition) is 5. The molecule has 2 heterocycles. The third-order valence-corrected chi connectivity index (χ3v) is 3.75. The van der Waals surface area contributed by atoms with Crippen molar-refractivity contribution < 1.29 is 0 Å². The standard InChI is InChI=1S/C16H16N6O/c1-2-3-8-22-15(18-19-20-22)11-21-14-6-4-12(10-17)9-13(14)5-7-16(21)23/h4-7,9H,2-3,8,11H2,1H3. The minimum Gasteiger partial charge on any atom is -0.301 e. The molecule has 0 fully saturated rings. The van der Waals surface area contributed by atoms with Crippen molar-refractivity contribution >= 4 is 10.9 Å². The van der Waals surface area contributed by atoms with E-state index in [2.05, 4.69) is 28.5 Å². The van der Waals surface area contributed by atoms with Crippen molar-refractivity contribution in [2.75, 3.05) is 0 Å². The number of tetrazole rings is 1. The number of pyridine rings is 1. The van der Waals surface area contributed by atoms with Crippen molar-refractivity contribution in [3.8, 4) is 6.07 Å². The molecule has 0 unspecified atom stereocenters. The van der Waals surface area contributed by atoms with Gasteiger partial charge in [-0.1, -0.05) is 13.3 Å². The lowest BCUT2D eigenvalue weighted by molar-refractivity contribution is 0.524. The van der Waals surface area contributed by atoms with Crippen LogP contribution in [0.2, 0.25) is 0 Å². The quantitative estimate of drug-likeness (QED) is 0.715.